The van der Waals surface area contributed by atoms with Gasteiger partial charge >= 0.3 is 12.1 Å². The SMILES string of the molecule is CC.O=C(NC1CCc2ccccc21)C(F)(F)F. The van der Waals surface area contributed by atoms with Gasteiger partial charge in [-0.3, -0.25) is 4.79 Å². The van der Waals surface area contributed by atoms with Crippen molar-refractivity contribution in [2.75, 3.05) is 0 Å². The third kappa shape index (κ3) is 3.24. The Labute approximate surface area is 104 Å². The molecule has 5 heteroatoms. The predicted octanol–water partition coefficient (Wildman–Crippen LogP) is 3.38. The van der Waals surface area contributed by atoms with Crippen molar-refractivity contribution in [3.05, 3.63) is 35.4 Å². The molecule has 1 aromatic carbocycles. The van der Waals surface area contributed by atoms with Crippen LogP contribution in [-0.2, 0) is 11.2 Å². The van der Waals surface area contributed by atoms with E-state index in [0.29, 0.717) is 12.8 Å². The van der Waals surface area contributed by atoms with Crippen LogP contribution in [0.5, 0.6) is 0 Å². The van der Waals surface area contributed by atoms with E-state index in [1.54, 1.807) is 12.1 Å². The number of nitrogens with one attached hydrogen (secondary N) is 1. The first-order valence-corrected chi connectivity index (χ1v) is 5.94. The molecule has 0 heterocycles. The van der Waals surface area contributed by atoms with Crippen LogP contribution in [0.25, 0.3) is 0 Å². The highest BCUT2D eigenvalue weighted by Crippen LogP contribution is 2.31. The monoisotopic (exact) mass is 259 g/mol. The Hall–Kier alpha value is -1.52. The summed E-state index contributed by atoms with van der Waals surface area (Å²) in [5.74, 6) is -1.87. The van der Waals surface area contributed by atoms with Gasteiger partial charge in [-0.25, -0.2) is 0 Å². The van der Waals surface area contributed by atoms with Gasteiger partial charge in [-0.2, -0.15) is 13.2 Å². The zero-order chi connectivity index (χ0) is 13.8. The average Bonchev–Trinajstić information content (AvgIpc) is 2.74. The Kier molecular flexibility index (Phi) is 4.76. The van der Waals surface area contributed by atoms with Gasteiger partial charge in [0.05, 0.1) is 6.04 Å². The van der Waals surface area contributed by atoms with Crippen LogP contribution >= 0.6 is 0 Å². The minimum Gasteiger partial charge on any atom is -0.341 e. The molecule has 0 spiro atoms. The van der Waals surface area contributed by atoms with Crippen LogP contribution in [0, 0.1) is 0 Å². The molecule has 0 bridgehead atoms. The lowest BCUT2D eigenvalue weighted by molar-refractivity contribution is -0.174. The second-order valence-corrected chi connectivity index (χ2v) is 3.76. The van der Waals surface area contributed by atoms with E-state index in [9.17, 15) is 18.0 Å². The predicted molar refractivity (Wildman–Crippen MR) is 63.0 cm³/mol. The van der Waals surface area contributed by atoms with E-state index in [2.05, 4.69) is 0 Å². The molecule has 0 radical (unpaired) electrons. The van der Waals surface area contributed by atoms with E-state index < -0.39 is 18.1 Å². The largest absolute Gasteiger partial charge is 0.471 e. The Morgan fingerprint density at radius 3 is 2.50 bits per heavy atom. The summed E-state index contributed by atoms with van der Waals surface area (Å²) in [5, 5.41) is 2.01. The molecule has 2 nitrogen and oxygen atoms in total. The topological polar surface area (TPSA) is 29.1 Å². The van der Waals surface area contributed by atoms with Crippen molar-refractivity contribution >= 4 is 5.91 Å². The molecule has 18 heavy (non-hydrogen) atoms. The minimum absolute atomic E-state index is 0.509. The number of halogens is 3. The van der Waals surface area contributed by atoms with Crippen molar-refractivity contribution in [1.29, 1.82) is 0 Å². The maximum atomic E-state index is 12.1. The Balaban J connectivity index is 0.000000771. The van der Waals surface area contributed by atoms with Gasteiger partial charge in [0.25, 0.3) is 0 Å². The number of carbonyl (C=O) groups excluding carboxylic acids is 1. The molecule has 1 N–H and O–H groups in total. The fraction of sp³-hybridized carbons (Fsp3) is 0.462. The maximum absolute atomic E-state index is 12.1. The van der Waals surface area contributed by atoms with Crippen LogP contribution in [0.4, 0.5) is 13.2 Å². The number of hydrogen-bond acceptors (Lipinski definition) is 1. The molecule has 2 rings (SSSR count). The zero-order valence-electron chi connectivity index (χ0n) is 10.3. The van der Waals surface area contributed by atoms with E-state index in [0.717, 1.165) is 11.1 Å². The normalized spacial score (nSPS) is 17.5. The number of hydrogen-bond donors (Lipinski definition) is 1. The molecule has 1 aliphatic rings. The highest BCUT2D eigenvalue weighted by molar-refractivity contribution is 5.82. The average molecular weight is 259 g/mol. The van der Waals surface area contributed by atoms with Crippen LogP contribution < -0.4 is 5.32 Å². The van der Waals surface area contributed by atoms with Crippen molar-refractivity contribution in [3.8, 4) is 0 Å². The van der Waals surface area contributed by atoms with Gasteiger partial charge < -0.3 is 5.32 Å². The fourth-order valence-corrected chi connectivity index (χ4v) is 1.95. The van der Waals surface area contributed by atoms with E-state index in [1.165, 1.54) is 0 Å². The summed E-state index contributed by atoms with van der Waals surface area (Å²) in [6, 6.07) is 6.72. The number of fused-ring (bicyclic) bond motifs is 1. The number of alkyl halides is 3. The van der Waals surface area contributed by atoms with Crippen LogP contribution in [-0.4, -0.2) is 12.1 Å². The third-order valence-corrected chi connectivity index (χ3v) is 2.70. The highest BCUT2D eigenvalue weighted by Gasteiger charge is 2.40. The van der Waals surface area contributed by atoms with Gasteiger partial charge in [-0.15, -0.1) is 0 Å². The summed E-state index contributed by atoms with van der Waals surface area (Å²) in [6.45, 7) is 4.00. The summed E-state index contributed by atoms with van der Waals surface area (Å²) in [7, 11) is 0. The molecule has 1 aliphatic carbocycles. The molecule has 0 saturated carbocycles. The lowest BCUT2D eigenvalue weighted by atomic mass is 10.1. The van der Waals surface area contributed by atoms with Crippen LogP contribution in [0.1, 0.15) is 37.4 Å². The fourth-order valence-electron chi connectivity index (χ4n) is 1.95. The van der Waals surface area contributed by atoms with Crippen LogP contribution in [0.3, 0.4) is 0 Å². The summed E-state index contributed by atoms with van der Waals surface area (Å²) < 4.78 is 36.2. The van der Waals surface area contributed by atoms with Gasteiger partial charge in [-0.1, -0.05) is 38.1 Å². The molecule has 100 valence electrons. The lowest BCUT2D eigenvalue weighted by Crippen LogP contribution is -2.38. The second-order valence-electron chi connectivity index (χ2n) is 3.76. The molecule has 1 aromatic rings. The van der Waals surface area contributed by atoms with E-state index in [4.69, 9.17) is 0 Å². The summed E-state index contributed by atoms with van der Waals surface area (Å²) in [6.07, 6.45) is -3.57. The number of rotatable bonds is 1. The van der Waals surface area contributed by atoms with Gasteiger partial charge in [0.2, 0.25) is 0 Å². The van der Waals surface area contributed by atoms with Gasteiger partial charge in [-0.05, 0) is 24.0 Å². The first-order valence-electron chi connectivity index (χ1n) is 5.94. The zero-order valence-corrected chi connectivity index (χ0v) is 10.3. The first kappa shape index (κ1) is 14.5. The molecule has 0 aromatic heterocycles. The van der Waals surface area contributed by atoms with Gasteiger partial charge in [0.15, 0.2) is 0 Å². The van der Waals surface area contributed by atoms with Crippen molar-refractivity contribution in [2.45, 2.75) is 38.9 Å². The summed E-state index contributed by atoms with van der Waals surface area (Å²) in [5.41, 5.74) is 1.80. The molecule has 1 unspecified atom stereocenters. The molecular weight excluding hydrogens is 243 g/mol. The first-order chi connectivity index (χ1) is 8.48. The summed E-state index contributed by atoms with van der Waals surface area (Å²) >= 11 is 0. The third-order valence-electron chi connectivity index (χ3n) is 2.70. The van der Waals surface area contributed by atoms with Crippen molar-refractivity contribution in [2.24, 2.45) is 0 Å². The number of amides is 1. The summed E-state index contributed by atoms with van der Waals surface area (Å²) in [4.78, 5) is 10.8. The molecule has 0 fully saturated rings. The van der Waals surface area contributed by atoms with E-state index >= 15 is 0 Å². The quantitative estimate of drug-likeness (QED) is 0.823. The van der Waals surface area contributed by atoms with Crippen LogP contribution in [0.15, 0.2) is 24.3 Å². The Bertz CT molecular complexity index is 415. The lowest BCUT2D eigenvalue weighted by Gasteiger charge is -2.15. The van der Waals surface area contributed by atoms with E-state index in [-0.39, 0.29) is 0 Å². The van der Waals surface area contributed by atoms with Gasteiger partial charge in [0.1, 0.15) is 0 Å². The molecule has 0 saturated heterocycles. The number of aryl methyl sites for hydroxylation is 1. The van der Waals surface area contributed by atoms with Crippen LogP contribution in [0.2, 0.25) is 0 Å². The Morgan fingerprint density at radius 1 is 1.28 bits per heavy atom. The Morgan fingerprint density at radius 2 is 1.89 bits per heavy atom. The van der Waals surface area contributed by atoms with Crippen molar-refractivity contribution < 1.29 is 18.0 Å². The smallest absolute Gasteiger partial charge is 0.341 e. The number of benzene rings is 1. The van der Waals surface area contributed by atoms with E-state index in [1.807, 2.05) is 31.3 Å². The number of carbonyl (C=O) groups is 1. The maximum Gasteiger partial charge on any atom is 0.471 e. The van der Waals surface area contributed by atoms with Crippen molar-refractivity contribution in [1.82, 2.24) is 5.32 Å². The molecule has 1 amide bonds. The standard InChI is InChI=1S/C11H10F3NO.C2H6/c12-11(13,14)10(16)15-9-6-5-7-3-1-2-4-8(7)9;1-2/h1-4,9H,5-6H2,(H,15,16);1-2H3. The molecular formula is C13H16F3NO. The molecule has 0 aliphatic heterocycles. The molecule has 1 atom stereocenters. The minimum atomic E-state index is -4.81. The van der Waals surface area contributed by atoms with Crippen molar-refractivity contribution in [3.63, 3.8) is 0 Å². The second kappa shape index (κ2) is 5.89. The highest BCUT2D eigenvalue weighted by atomic mass is 19.4. The van der Waals surface area contributed by atoms with Gasteiger partial charge in [0, 0.05) is 0 Å².